The lowest BCUT2D eigenvalue weighted by Gasteiger charge is -1.39. The quantitative estimate of drug-likeness (QED) is 0.454. The normalized spacial score (nSPS) is 8.00. The van der Waals surface area contributed by atoms with E-state index < -0.39 is 0 Å². The van der Waals surface area contributed by atoms with Crippen molar-refractivity contribution in [2.45, 2.75) is 0 Å². The Morgan fingerprint density at radius 2 is 2.80 bits per heavy atom. The SMILES string of the molecule is [c]1csnn1. The van der Waals surface area contributed by atoms with Crippen LogP contribution in [0.4, 0.5) is 0 Å². The van der Waals surface area contributed by atoms with Gasteiger partial charge < -0.3 is 0 Å². The Morgan fingerprint density at radius 3 is 3.00 bits per heavy atom. The van der Waals surface area contributed by atoms with Gasteiger partial charge in [0, 0.05) is 5.38 Å². The summed E-state index contributed by atoms with van der Waals surface area (Å²) in [5.41, 5.74) is 0. The van der Waals surface area contributed by atoms with E-state index >= 15 is 0 Å². The molecule has 0 aliphatic carbocycles. The van der Waals surface area contributed by atoms with E-state index in [9.17, 15) is 0 Å². The van der Waals surface area contributed by atoms with E-state index in [1.54, 1.807) is 5.38 Å². The Hall–Kier alpha value is -0.440. The molecular formula is C2HN2S. The Kier molecular flexibility index (Phi) is 0.624. The fraction of sp³-hybridized carbons (Fsp3) is 0. The third-order valence-corrected chi connectivity index (χ3v) is 0.638. The Balaban J connectivity index is 3.13. The highest BCUT2D eigenvalue weighted by Crippen LogP contribution is 1.77. The maximum Gasteiger partial charge on any atom is 0.127 e. The van der Waals surface area contributed by atoms with E-state index in [0.29, 0.717) is 0 Å². The molecule has 0 fully saturated rings. The minimum Gasteiger partial charge on any atom is -0.136 e. The van der Waals surface area contributed by atoms with Gasteiger partial charge in [-0.1, -0.05) is 4.49 Å². The topological polar surface area (TPSA) is 25.8 Å². The average Bonchev–Trinajstić information content (AvgIpc) is 1.76. The van der Waals surface area contributed by atoms with Crippen LogP contribution < -0.4 is 0 Å². The highest BCUT2D eigenvalue weighted by molar-refractivity contribution is 7.03. The molecule has 0 atom stereocenters. The van der Waals surface area contributed by atoms with Crippen molar-refractivity contribution in [3.63, 3.8) is 0 Å². The van der Waals surface area contributed by atoms with Crippen LogP contribution in [-0.2, 0) is 0 Å². The van der Waals surface area contributed by atoms with Gasteiger partial charge in [-0.05, 0) is 11.5 Å². The van der Waals surface area contributed by atoms with E-state index in [2.05, 4.69) is 15.8 Å². The molecular weight excluding hydrogens is 84.1 g/mol. The van der Waals surface area contributed by atoms with Crippen LogP contribution in [0.15, 0.2) is 5.38 Å². The van der Waals surface area contributed by atoms with Crippen molar-refractivity contribution in [2.75, 3.05) is 0 Å². The van der Waals surface area contributed by atoms with Gasteiger partial charge in [0.2, 0.25) is 0 Å². The Bertz CT molecular complexity index is 64.1. The van der Waals surface area contributed by atoms with Gasteiger partial charge in [0.1, 0.15) is 6.20 Å². The van der Waals surface area contributed by atoms with E-state index in [4.69, 9.17) is 0 Å². The smallest absolute Gasteiger partial charge is 0.127 e. The van der Waals surface area contributed by atoms with Crippen LogP contribution in [0, 0.1) is 6.20 Å². The molecule has 0 aliphatic heterocycles. The lowest BCUT2D eigenvalue weighted by molar-refractivity contribution is 1.15. The summed E-state index contributed by atoms with van der Waals surface area (Å²) < 4.78 is 3.46. The number of nitrogens with zero attached hydrogens (tertiary/aromatic N) is 2. The first kappa shape index (κ1) is 2.78. The fourth-order valence-corrected chi connectivity index (χ4v) is 0.354. The standard InChI is InChI=1S/C2HN2S/c1-2-5-4-3-1/h2H. The molecule has 0 amide bonds. The minimum absolute atomic E-state index is 1.30. The molecule has 0 bridgehead atoms. The molecule has 0 aromatic carbocycles. The van der Waals surface area contributed by atoms with Crippen molar-refractivity contribution < 1.29 is 0 Å². The first-order valence-electron chi connectivity index (χ1n) is 1.13. The molecule has 0 saturated carbocycles. The first-order chi connectivity index (χ1) is 2.50. The zero-order valence-corrected chi connectivity index (χ0v) is 3.20. The fourth-order valence-electron chi connectivity index (χ4n) is 0.118. The van der Waals surface area contributed by atoms with Crippen LogP contribution in [0.25, 0.3) is 0 Å². The van der Waals surface area contributed by atoms with Gasteiger partial charge in [0.05, 0.1) is 0 Å². The van der Waals surface area contributed by atoms with Crippen molar-refractivity contribution >= 4 is 11.5 Å². The highest BCUT2D eigenvalue weighted by atomic mass is 32.1. The van der Waals surface area contributed by atoms with E-state index in [1.165, 1.54) is 11.5 Å². The number of hydrogen-bond acceptors (Lipinski definition) is 3. The summed E-state index contributed by atoms with van der Waals surface area (Å²) in [6.07, 6.45) is 2.52. The molecule has 0 unspecified atom stereocenters. The van der Waals surface area contributed by atoms with Gasteiger partial charge in [-0.2, -0.15) is 0 Å². The Morgan fingerprint density at radius 1 is 1.80 bits per heavy atom. The monoisotopic (exact) mass is 85.0 g/mol. The van der Waals surface area contributed by atoms with Crippen molar-refractivity contribution in [3.8, 4) is 0 Å². The van der Waals surface area contributed by atoms with Crippen LogP contribution in [-0.4, -0.2) is 9.59 Å². The van der Waals surface area contributed by atoms with Crippen LogP contribution >= 0.6 is 11.5 Å². The maximum absolute atomic E-state index is 3.46. The Labute approximate surface area is 33.6 Å². The van der Waals surface area contributed by atoms with Crippen LogP contribution in [0.2, 0.25) is 0 Å². The second-order valence-corrected chi connectivity index (χ2v) is 1.14. The summed E-state index contributed by atoms with van der Waals surface area (Å²) in [7, 11) is 0. The molecule has 1 radical (unpaired) electrons. The van der Waals surface area contributed by atoms with Crippen molar-refractivity contribution in [2.24, 2.45) is 0 Å². The zero-order chi connectivity index (χ0) is 3.54. The zero-order valence-electron chi connectivity index (χ0n) is 2.38. The van der Waals surface area contributed by atoms with E-state index in [1.807, 2.05) is 0 Å². The molecule has 2 nitrogen and oxygen atoms in total. The first-order valence-corrected chi connectivity index (χ1v) is 1.97. The third kappa shape index (κ3) is 0.417. The van der Waals surface area contributed by atoms with E-state index in [-0.39, 0.29) is 0 Å². The number of rotatable bonds is 0. The summed E-state index contributed by atoms with van der Waals surface area (Å²) in [6.45, 7) is 0. The largest absolute Gasteiger partial charge is 0.136 e. The summed E-state index contributed by atoms with van der Waals surface area (Å²) in [6, 6.07) is 0. The molecule has 5 heavy (non-hydrogen) atoms. The molecule has 25 valence electrons. The van der Waals surface area contributed by atoms with Gasteiger partial charge in [-0.15, -0.1) is 5.10 Å². The highest BCUT2D eigenvalue weighted by Gasteiger charge is 1.63. The number of hydrogen-bond donors (Lipinski definition) is 0. The average molecular weight is 85.1 g/mol. The van der Waals surface area contributed by atoms with Gasteiger partial charge in [-0.25, -0.2) is 0 Å². The molecule has 0 N–H and O–H groups in total. The van der Waals surface area contributed by atoms with Gasteiger partial charge in [-0.3, -0.25) is 0 Å². The summed E-state index contributed by atoms with van der Waals surface area (Å²) in [4.78, 5) is 0. The molecule has 1 rings (SSSR count). The summed E-state index contributed by atoms with van der Waals surface area (Å²) in [5.74, 6) is 0. The third-order valence-electron chi connectivity index (χ3n) is 0.251. The molecule has 1 aromatic heterocycles. The van der Waals surface area contributed by atoms with Crippen molar-refractivity contribution in [1.29, 1.82) is 0 Å². The molecule has 0 aliphatic rings. The number of aromatic nitrogens is 2. The molecule has 1 aromatic rings. The van der Waals surface area contributed by atoms with Crippen LogP contribution in [0.1, 0.15) is 0 Å². The van der Waals surface area contributed by atoms with Gasteiger partial charge >= 0.3 is 0 Å². The lowest BCUT2D eigenvalue weighted by Crippen LogP contribution is -1.52. The van der Waals surface area contributed by atoms with Crippen molar-refractivity contribution in [1.82, 2.24) is 9.59 Å². The molecule has 0 spiro atoms. The van der Waals surface area contributed by atoms with E-state index in [0.717, 1.165) is 0 Å². The summed E-state index contributed by atoms with van der Waals surface area (Å²) >= 11 is 1.30. The lowest BCUT2D eigenvalue weighted by atomic mass is 11.1. The van der Waals surface area contributed by atoms with Crippen LogP contribution in [0.5, 0.6) is 0 Å². The molecule has 0 saturated heterocycles. The second kappa shape index (κ2) is 1.12. The van der Waals surface area contributed by atoms with Crippen molar-refractivity contribution in [3.05, 3.63) is 11.6 Å². The second-order valence-electron chi connectivity index (χ2n) is 0.534. The van der Waals surface area contributed by atoms with Gasteiger partial charge in [0.25, 0.3) is 0 Å². The minimum atomic E-state index is 1.30. The molecule has 1 heterocycles. The molecule has 3 heteroatoms. The summed E-state index contributed by atoms with van der Waals surface area (Å²) in [5, 5.41) is 5.06. The predicted molar refractivity (Wildman–Crippen MR) is 18.7 cm³/mol. The van der Waals surface area contributed by atoms with Crippen LogP contribution in [0.3, 0.4) is 0 Å². The van der Waals surface area contributed by atoms with Gasteiger partial charge in [0.15, 0.2) is 0 Å². The maximum atomic E-state index is 3.46. The predicted octanol–water partition coefficient (Wildman–Crippen LogP) is 0.338.